The van der Waals surface area contributed by atoms with E-state index in [4.69, 9.17) is 32.5 Å². The minimum absolute atomic E-state index is 0.0949. The normalized spacial score (nSPS) is 23.9. The largest absolute Gasteiger partial charge is 0.297 e. The van der Waals surface area contributed by atoms with Crippen molar-refractivity contribution < 1.29 is 29.4 Å². The molecule has 2 saturated heterocycles. The number of thiophene rings is 2. The molecule has 1 saturated carbocycles. The zero-order chi connectivity index (χ0) is 35.1. The molecular weight excluding hydrogens is 756 g/mol. The third-order valence-electron chi connectivity index (χ3n) is 8.80. The van der Waals surface area contributed by atoms with Crippen molar-refractivity contribution in [1.29, 1.82) is 0 Å². The Hall–Kier alpha value is -1.07. The molecule has 48 heavy (non-hydrogen) atoms. The number of primary sulfonamides is 1. The molecular formula is C32H44Cl2N2O7S5. The van der Waals surface area contributed by atoms with E-state index in [1.165, 1.54) is 25.0 Å². The summed E-state index contributed by atoms with van der Waals surface area (Å²) in [5.74, 6) is 0.754. The highest BCUT2D eigenvalue weighted by Crippen LogP contribution is 2.40. The molecule has 0 unspecified atom stereocenters. The van der Waals surface area contributed by atoms with Crippen LogP contribution < -0.4 is 5.14 Å². The van der Waals surface area contributed by atoms with Gasteiger partial charge in [-0.2, -0.15) is 12.7 Å². The molecule has 9 nitrogen and oxygen atoms in total. The van der Waals surface area contributed by atoms with Gasteiger partial charge in [0, 0.05) is 12.1 Å². The fraction of sp³-hybridized carbons (Fsp3) is 0.562. The molecule has 0 amide bonds. The van der Waals surface area contributed by atoms with Crippen LogP contribution in [0.1, 0.15) is 89.5 Å². The number of sulfonamides is 2. The number of nitrogens with zero attached hydrogens (tertiary/aromatic N) is 1. The van der Waals surface area contributed by atoms with Crippen LogP contribution in [-0.4, -0.2) is 47.7 Å². The van der Waals surface area contributed by atoms with E-state index in [0.29, 0.717) is 12.9 Å². The number of piperidine rings is 2. The highest BCUT2D eigenvalue weighted by molar-refractivity contribution is 7.91. The lowest BCUT2D eigenvalue weighted by molar-refractivity contribution is 0.124. The first-order chi connectivity index (χ1) is 22.6. The van der Waals surface area contributed by atoms with Crippen molar-refractivity contribution in [3.05, 3.63) is 62.8 Å². The molecule has 3 fully saturated rings. The zero-order valence-electron chi connectivity index (χ0n) is 27.1. The molecule has 2 aromatic heterocycles. The molecule has 1 aromatic carbocycles. The molecule has 0 atom stereocenters. The fourth-order valence-electron chi connectivity index (χ4n) is 6.37. The minimum Gasteiger partial charge on any atom is -0.263 e. The van der Waals surface area contributed by atoms with Crippen molar-refractivity contribution in [2.45, 2.75) is 122 Å². The molecule has 1 aliphatic carbocycles. The summed E-state index contributed by atoms with van der Waals surface area (Å²) >= 11 is 13.4. The Morgan fingerprint density at radius 3 is 1.56 bits per heavy atom. The quantitative estimate of drug-likeness (QED) is 0.246. The highest BCUT2D eigenvalue weighted by atomic mass is 35.5. The van der Waals surface area contributed by atoms with Gasteiger partial charge in [0.05, 0.1) is 19.7 Å². The van der Waals surface area contributed by atoms with Crippen LogP contribution in [0.15, 0.2) is 61.8 Å². The zero-order valence-corrected chi connectivity index (χ0v) is 32.7. The van der Waals surface area contributed by atoms with Crippen molar-refractivity contribution in [3.8, 4) is 0 Å². The van der Waals surface area contributed by atoms with Crippen molar-refractivity contribution in [2.24, 2.45) is 11.1 Å². The van der Waals surface area contributed by atoms with Crippen molar-refractivity contribution in [1.82, 2.24) is 4.31 Å². The molecule has 2 N–H and O–H groups in total. The Labute approximate surface area is 304 Å². The van der Waals surface area contributed by atoms with Gasteiger partial charge in [0.15, 0.2) is 0 Å². The Kier molecular flexibility index (Phi) is 14.4. The lowest BCUT2D eigenvalue weighted by Gasteiger charge is -2.44. The summed E-state index contributed by atoms with van der Waals surface area (Å²) in [5.41, 5.74) is 1.05. The number of hydrogen-bond acceptors (Lipinski definition) is 9. The number of hydrogen-bond donors (Lipinski definition) is 1. The van der Waals surface area contributed by atoms with E-state index in [1.807, 2.05) is 6.92 Å². The van der Waals surface area contributed by atoms with Crippen LogP contribution in [0.5, 0.6) is 0 Å². The SMILES string of the molecule is Cc1ccc(S(=O)(=O)OC2CCCC(C)CCC2)cc1.NS(=O)(=O)c1ccc(Cl)s1.O=S(=O)(c1ccc(Cl)s1)N1C2CCCC1CCC2. The fourth-order valence-corrected chi connectivity index (χ4v) is 12.9. The molecule has 3 aliphatic rings. The number of fused-ring (bicyclic) bond motifs is 2. The van der Waals surface area contributed by atoms with Gasteiger partial charge >= 0.3 is 0 Å². The molecule has 3 aromatic rings. The summed E-state index contributed by atoms with van der Waals surface area (Å²) in [4.78, 5) is 0.263. The maximum absolute atomic E-state index is 12.7. The summed E-state index contributed by atoms with van der Waals surface area (Å²) < 4.78 is 79.7. The lowest BCUT2D eigenvalue weighted by Crippen LogP contribution is -2.52. The van der Waals surface area contributed by atoms with Crippen LogP contribution in [0.25, 0.3) is 0 Å². The van der Waals surface area contributed by atoms with Crippen LogP contribution in [0, 0.1) is 12.8 Å². The summed E-state index contributed by atoms with van der Waals surface area (Å²) in [6.45, 7) is 4.21. The topological polar surface area (TPSA) is 141 Å². The Morgan fingerprint density at radius 1 is 0.688 bits per heavy atom. The first kappa shape index (κ1) is 39.7. The van der Waals surface area contributed by atoms with Crippen LogP contribution in [0.3, 0.4) is 0 Å². The molecule has 6 rings (SSSR count). The Balaban J connectivity index is 0.000000171. The molecule has 2 bridgehead atoms. The van der Waals surface area contributed by atoms with Crippen molar-refractivity contribution in [2.75, 3.05) is 0 Å². The van der Waals surface area contributed by atoms with Gasteiger partial charge in [0.1, 0.15) is 8.42 Å². The number of rotatable bonds is 6. The third-order valence-corrected chi connectivity index (χ3v) is 16.5. The van der Waals surface area contributed by atoms with Crippen LogP contribution >= 0.6 is 45.9 Å². The van der Waals surface area contributed by atoms with Crippen molar-refractivity contribution >= 4 is 76.0 Å². The van der Waals surface area contributed by atoms with E-state index >= 15 is 0 Å². The lowest BCUT2D eigenvalue weighted by atomic mass is 9.87. The average Bonchev–Trinajstić information content (AvgIpc) is 3.65. The van der Waals surface area contributed by atoms with Crippen LogP contribution in [0.2, 0.25) is 8.67 Å². The monoisotopic (exact) mass is 798 g/mol. The predicted molar refractivity (Wildman–Crippen MR) is 194 cm³/mol. The number of aryl methyl sites for hydroxylation is 1. The standard InChI is InChI=1S/C16H24O3S.C12H16ClNO2S2.C4H4ClNO2S2/c1-13-5-3-7-15(8-4-6-13)19-20(17,18)16-11-9-14(2)10-12-16;13-11-7-8-12(17-11)18(15,16)14-9-3-1-4-10(14)6-2-5-9;5-3-1-2-4(9-3)10(6,7)8/h9-13,15H,3-8H2,1-2H3;7-10H,1-6H2;1-2H,(H2,6,7,8). The number of halogens is 2. The van der Waals surface area contributed by atoms with Gasteiger partial charge in [0.25, 0.3) is 20.1 Å². The van der Waals surface area contributed by atoms with Gasteiger partial charge in [-0.05, 0) is 87.8 Å². The molecule has 0 spiro atoms. The minimum atomic E-state index is -3.62. The highest BCUT2D eigenvalue weighted by Gasteiger charge is 2.42. The Bertz CT molecular complexity index is 1780. The van der Waals surface area contributed by atoms with E-state index in [1.54, 1.807) is 40.7 Å². The first-order valence-electron chi connectivity index (χ1n) is 16.1. The van der Waals surface area contributed by atoms with Gasteiger partial charge < -0.3 is 0 Å². The second-order valence-corrected chi connectivity index (χ2v) is 21.5. The summed E-state index contributed by atoms with van der Waals surface area (Å²) in [6, 6.07) is 13.4. The maximum Gasteiger partial charge on any atom is 0.297 e. The van der Waals surface area contributed by atoms with Gasteiger partial charge in [-0.15, -0.1) is 22.7 Å². The van der Waals surface area contributed by atoms with Gasteiger partial charge in [-0.3, -0.25) is 4.18 Å². The van der Waals surface area contributed by atoms with Gasteiger partial charge in [-0.1, -0.05) is 86.3 Å². The third kappa shape index (κ3) is 11.2. The Morgan fingerprint density at radius 2 is 1.15 bits per heavy atom. The predicted octanol–water partition coefficient (Wildman–Crippen LogP) is 8.61. The molecule has 268 valence electrons. The molecule has 2 aliphatic heterocycles. The second kappa shape index (κ2) is 17.4. The number of nitrogens with two attached hydrogens (primary N) is 1. The molecule has 4 heterocycles. The summed E-state index contributed by atoms with van der Waals surface area (Å²) in [7, 11) is -10.5. The van der Waals surface area contributed by atoms with Gasteiger partial charge in [-0.25, -0.2) is 22.0 Å². The average molecular weight is 800 g/mol. The van der Waals surface area contributed by atoms with Crippen molar-refractivity contribution in [3.63, 3.8) is 0 Å². The summed E-state index contributed by atoms with van der Waals surface area (Å²) in [5, 5.41) is 4.79. The number of benzene rings is 1. The van der Waals surface area contributed by atoms with Gasteiger partial charge in [0.2, 0.25) is 10.0 Å². The summed E-state index contributed by atoms with van der Waals surface area (Å²) in [6.07, 6.45) is 12.3. The van der Waals surface area contributed by atoms with Crippen LogP contribution in [0.4, 0.5) is 0 Å². The van der Waals surface area contributed by atoms with Crippen LogP contribution in [-0.2, 0) is 34.3 Å². The molecule has 16 heteroatoms. The van der Waals surface area contributed by atoms with E-state index in [9.17, 15) is 25.3 Å². The van der Waals surface area contributed by atoms with E-state index < -0.39 is 30.2 Å². The van der Waals surface area contributed by atoms with E-state index in [-0.39, 0.29) is 27.3 Å². The second-order valence-electron chi connectivity index (χ2n) is 12.6. The van der Waals surface area contributed by atoms with E-state index in [0.717, 1.165) is 98.4 Å². The molecule has 0 radical (unpaired) electrons. The smallest absolute Gasteiger partial charge is 0.263 e. The maximum atomic E-state index is 12.7. The first-order valence-corrected chi connectivity index (χ1v) is 22.9. The van der Waals surface area contributed by atoms with E-state index in [2.05, 4.69) is 6.92 Å².